The number of hydrogen-bond acceptors (Lipinski definition) is 4. The lowest BCUT2D eigenvalue weighted by Crippen LogP contribution is -1.87. The van der Waals surface area contributed by atoms with Crippen LogP contribution >= 0.6 is 11.3 Å². The van der Waals surface area contributed by atoms with Gasteiger partial charge in [0, 0.05) is 6.07 Å². The van der Waals surface area contributed by atoms with Crippen molar-refractivity contribution < 1.29 is 4.92 Å². The van der Waals surface area contributed by atoms with E-state index in [9.17, 15) is 10.1 Å². The fraction of sp³-hybridized carbons (Fsp3) is 0. The number of nitrogens with zero attached hydrogens (tertiary/aromatic N) is 2. The molecule has 0 radical (unpaired) electrons. The largest absolute Gasteiger partial charge is 0.289 e. The molecule has 0 unspecified atom stereocenters. The summed E-state index contributed by atoms with van der Waals surface area (Å²) in [5.41, 5.74) is 0.857. The molecule has 0 aliphatic rings. The summed E-state index contributed by atoms with van der Waals surface area (Å²) in [7, 11) is 0. The van der Waals surface area contributed by atoms with Crippen molar-refractivity contribution in [2.24, 2.45) is 0 Å². The molecule has 2 heterocycles. The molecule has 4 nitrogen and oxygen atoms in total. The van der Waals surface area contributed by atoms with Crippen LogP contribution in [0.5, 0.6) is 0 Å². The molecule has 0 aliphatic carbocycles. The molecule has 0 spiro atoms. The summed E-state index contributed by atoms with van der Waals surface area (Å²) in [6.07, 6.45) is 1.27. The minimum absolute atomic E-state index is 0.0463. The summed E-state index contributed by atoms with van der Waals surface area (Å²) in [5.74, 6) is 0. The SMILES string of the molecule is O=[N+]([O-])c1cnc2ccsc2c1. The maximum absolute atomic E-state index is 10.3. The third-order valence-corrected chi connectivity index (χ3v) is 2.35. The van der Waals surface area contributed by atoms with Gasteiger partial charge in [0.05, 0.1) is 15.1 Å². The Hall–Kier alpha value is -1.49. The van der Waals surface area contributed by atoms with E-state index in [0.717, 1.165) is 10.2 Å². The van der Waals surface area contributed by atoms with E-state index < -0.39 is 4.92 Å². The highest BCUT2D eigenvalue weighted by molar-refractivity contribution is 7.17. The molecule has 0 bridgehead atoms. The van der Waals surface area contributed by atoms with Crippen LogP contribution in [0, 0.1) is 10.1 Å². The lowest BCUT2D eigenvalue weighted by Gasteiger charge is -1.89. The fourth-order valence-corrected chi connectivity index (χ4v) is 1.71. The molecule has 0 saturated heterocycles. The standard InChI is InChI=1S/C7H4N2O2S/c10-9(11)5-3-7-6(8-4-5)1-2-12-7/h1-4H. The van der Waals surface area contributed by atoms with Crippen LogP contribution in [0.1, 0.15) is 0 Å². The van der Waals surface area contributed by atoms with E-state index in [1.165, 1.54) is 23.6 Å². The summed E-state index contributed by atoms with van der Waals surface area (Å²) in [5, 5.41) is 12.2. The van der Waals surface area contributed by atoms with Crippen LogP contribution in [-0.4, -0.2) is 9.91 Å². The zero-order valence-corrected chi connectivity index (χ0v) is 6.75. The summed E-state index contributed by atoms with van der Waals surface area (Å²) in [4.78, 5) is 13.8. The van der Waals surface area contributed by atoms with Crippen molar-refractivity contribution in [2.75, 3.05) is 0 Å². The average molecular weight is 180 g/mol. The second-order valence-electron chi connectivity index (χ2n) is 2.25. The summed E-state index contributed by atoms with van der Waals surface area (Å²) in [6.45, 7) is 0. The van der Waals surface area contributed by atoms with Crippen LogP contribution < -0.4 is 0 Å². The monoisotopic (exact) mass is 180 g/mol. The molecule has 0 amide bonds. The van der Waals surface area contributed by atoms with Gasteiger partial charge < -0.3 is 0 Å². The van der Waals surface area contributed by atoms with E-state index >= 15 is 0 Å². The van der Waals surface area contributed by atoms with E-state index in [1.807, 2.05) is 11.4 Å². The van der Waals surface area contributed by atoms with Gasteiger partial charge in [0.2, 0.25) is 0 Å². The van der Waals surface area contributed by atoms with Crippen molar-refractivity contribution in [2.45, 2.75) is 0 Å². The van der Waals surface area contributed by atoms with Gasteiger partial charge in [-0.25, -0.2) is 4.98 Å². The normalized spacial score (nSPS) is 10.3. The van der Waals surface area contributed by atoms with Crippen LogP contribution in [0.2, 0.25) is 0 Å². The molecule has 2 aromatic rings. The molecule has 0 atom stereocenters. The molecule has 0 aromatic carbocycles. The number of hydrogen-bond donors (Lipinski definition) is 0. The smallest absolute Gasteiger partial charge is 0.258 e. The second kappa shape index (κ2) is 2.53. The molecule has 12 heavy (non-hydrogen) atoms. The zero-order chi connectivity index (χ0) is 8.55. The topological polar surface area (TPSA) is 56.0 Å². The maximum atomic E-state index is 10.3. The van der Waals surface area contributed by atoms with Gasteiger partial charge in [0.1, 0.15) is 6.20 Å². The number of nitro groups is 1. The Morgan fingerprint density at radius 2 is 2.42 bits per heavy atom. The average Bonchev–Trinajstić information content (AvgIpc) is 2.49. The number of pyridine rings is 1. The highest BCUT2D eigenvalue weighted by Gasteiger charge is 2.06. The third-order valence-electron chi connectivity index (χ3n) is 1.50. The van der Waals surface area contributed by atoms with E-state index in [1.54, 1.807) is 0 Å². The molecular formula is C7H4N2O2S. The van der Waals surface area contributed by atoms with Gasteiger partial charge in [-0.3, -0.25) is 10.1 Å². The van der Waals surface area contributed by atoms with Gasteiger partial charge >= 0.3 is 0 Å². The van der Waals surface area contributed by atoms with Crippen molar-refractivity contribution in [3.05, 3.63) is 33.8 Å². The number of thiophene rings is 1. The molecule has 5 heteroatoms. The maximum Gasteiger partial charge on any atom is 0.289 e. The minimum atomic E-state index is -0.438. The number of rotatable bonds is 1. The van der Waals surface area contributed by atoms with Crippen LogP contribution in [0.25, 0.3) is 10.2 Å². The predicted octanol–water partition coefficient (Wildman–Crippen LogP) is 2.20. The lowest BCUT2D eigenvalue weighted by molar-refractivity contribution is -0.385. The van der Waals surface area contributed by atoms with Crippen molar-refractivity contribution >= 4 is 27.2 Å². The molecule has 2 rings (SSSR count). The second-order valence-corrected chi connectivity index (χ2v) is 3.20. The Kier molecular flexibility index (Phi) is 1.51. The van der Waals surface area contributed by atoms with Crippen LogP contribution in [-0.2, 0) is 0 Å². The summed E-state index contributed by atoms with van der Waals surface area (Å²) < 4.78 is 0.851. The van der Waals surface area contributed by atoms with E-state index in [0.29, 0.717) is 0 Å². The van der Waals surface area contributed by atoms with Gasteiger partial charge in [-0.2, -0.15) is 0 Å². The molecule has 0 N–H and O–H groups in total. The Balaban J connectivity index is 2.68. The Morgan fingerprint density at radius 1 is 1.58 bits per heavy atom. The third kappa shape index (κ3) is 1.04. The summed E-state index contributed by atoms with van der Waals surface area (Å²) >= 11 is 1.45. The van der Waals surface area contributed by atoms with Crippen molar-refractivity contribution in [3.8, 4) is 0 Å². The number of fused-ring (bicyclic) bond motifs is 1. The predicted molar refractivity (Wildman–Crippen MR) is 46.3 cm³/mol. The van der Waals surface area contributed by atoms with Crippen molar-refractivity contribution in [1.82, 2.24) is 4.98 Å². The quantitative estimate of drug-likeness (QED) is 0.499. The molecule has 0 aliphatic heterocycles. The lowest BCUT2D eigenvalue weighted by atomic mass is 10.4. The van der Waals surface area contributed by atoms with Gasteiger partial charge in [-0.1, -0.05) is 0 Å². The first kappa shape index (κ1) is 7.17. The van der Waals surface area contributed by atoms with Gasteiger partial charge in [0.25, 0.3) is 5.69 Å². The van der Waals surface area contributed by atoms with Gasteiger partial charge in [0.15, 0.2) is 0 Å². The first-order valence-corrected chi connectivity index (χ1v) is 4.13. The Labute approximate surface area is 71.6 Å². The van der Waals surface area contributed by atoms with Crippen LogP contribution in [0.4, 0.5) is 5.69 Å². The Bertz CT molecular complexity index is 438. The summed E-state index contributed by atoms with van der Waals surface area (Å²) in [6, 6.07) is 3.37. The fourth-order valence-electron chi connectivity index (χ4n) is 0.936. The minimum Gasteiger partial charge on any atom is -0.258 e. The van der Waals surface area contributed by atoms with E-state index in [2.05, 4.69) is 4.98 Å². The van der Waals surface area contributed by atoms with Crippen LogP contribution in [0.15, 0.2) is 23.7 Å². The van der Waals surface area contributed by atoms with Gasteiger partial charge in [-0.15, -0.1) is 11.3 Å². The Morgan fingerprint density at radius 3 is 3.17 bits per heavy atom. The van der Waals surface area contributed by atoms with Crippen molar-refractivity contribution in [3.63, 3.8) is 0 Å². The molecule has 0 saturated carbocycles. The van der Waals surface area contributed by atoms with E-state index in [4.69, 9.17) is 0 Å². The molecule has 2 aromatic heterocycles. The molecule has 60 valence electrons. The molecule has 0 fully saturated rings. The molecular weight excluding hydrogens is 176 g/mol. The van der Waals surface area contributed by atoms with E-state index in [-0.39, 0.29) is 5.69 Å². The van der Waals surface area contributed by atoms with Gasteiger partial charge in [-0.05, 0) is 11.4 Å². The highest BCUT2D eigenvalue weighted by Crippen LogP contribution is 2.22. The van der Waals surface area contributed by atoms with Crippen molar-refractivity contribution in [1.29, 1.82) is 0 Å². The zero-order valence-electron chi connectivity index (χ0n) is 5.93. The first-order chi connectivity index (χ1) is 5.77. The first-order valence-electron chi connectivity index (χ1n) is 3.25. The van der Waals surface area contributed by atoms with Crippen LogP contribution in [0.3, 0.4) is 0 Å². The highest BCUT2D eigenvalue weighted by atomic mass is 32.1. The number of aromatic nitrogens is 1.